The smallest absolute Gasteiger partial charge is 0.438 e. The van der Waals surface area contributed by atoms with Gasteiger partial charge < -0.3 is 25.6 Å². The minimum atomic E-state index is -4.59. The van der Waals surface area contributed by atoms with Gasteiger partial charge in [-0.3, -0.25) is 4.52 Å². The molecule has 0 aliphatic carbocycles. The molecule has 6 rings (SSSR count). The van der Waals surface area contributed by atoms with Crippen molar-refractivity contribution < 1.29 is 23.6 Å². The van der Waals surface area contributed by atoms with Crippen molar-refractivity contribution in [1.29, 1.82) is 0 Å². The number of nitrogens with two attached hydrogens (primary N) is 1. The highest BCUT2D eigenvalue weighted by atomic mass is 31.2. The van der Waals surface area contributed by atoms with Gasteiger partial charge in [-0.2, -0.15) is 0 Å². The van der Waals surface area contributed by atoms with Gasteiger partial charge in [0.2, 0.25) is 11.8 Å². The molecule has 0 aliphatic rings. The molecule has 0 saturated carbocycles. The van der Waals surface area contributed by atoms with Crippen molar-refractivity contribution in [1.82, 2.24) is 25.1 Å². The molecule has 12 nitrogen and oxygen atoms in total. The third-order valence-electron chi connectivity index (χ3n) is 6.34. The molecule has 6 aromatic rings. The van der Waals surface area contributed by atoms with E-state index in [-0.39, 0.29) is 12.6 Å². The lowest BCUT2D eigenvalue weighted by atomic mass is 10.0. The summed E-state index contributed by atoms with van der Waals surface area (Å²) in [5.41, 5.74) is 9.75. The third-order valence-corrected chi connectivity index (χ3v) is 6.81. The standard InChI is InChI=1S/C30H24N7O5P/c31-30-33-16-14-26(35-30)25-9-4-15-32-29(25)42-22-12-10-21(11-13-22)34-28-24-8-2-1-7-23(24)27(36-37-28)20-6-3-5-19(17-20)18-41-43(38,39)40/h1-17H,18H2,(H,34,37)(H2,31,33,35)(H2,38,39,40). The van der Waals surface area contributed by atoms with Crippen LogP contribution in [0.1, 0.15) is 5.56 Å². The molecule has 0 unspecified atom stereocenters. The highest BCUT2D eigenvalue weighted by molar-refractivity contribution is 7.46. The van der Waals surface area contributed by atoms with Gasteiger partial charge in [-0.05, 0) is 54.1 Å². The molecule has 0 saturated heterocycles. The first-order valence-electron chi connectivity index (χ1n) is 13.0. The van der Waals surface area contributed by atoms with E-state index in [4.69, 9.17) is 20.3 Å². The zero-order valence-corrected chi connectivity index (χ0v) is 23.3. The van der Waals surface area contributed by atoms with Gasteiger partial charge in [-0.25, -0.2) is 19.5 Å². The Morgan fingerprint density at radius 3 is 2.44 bits per heavy atom. The maximum atomic E-state index is 11.1. The predicted octanol–water partition coefficient (Wildman–Crippen LogP) is 5.88. The van der Waals surface area contributed by atoms with E-state index in [2.05, 4.69) is 35.0 Å². The molecule has 5 N–H and O–H groups in total. The lowest BCUT2D eigenvalue weighted by molar-refractivity contribution is 0.189. The molecule has 0 fully saturated rings. The number of rotatable bonds is 9. The van der Waals surface area contributed by atoms with Crippen LogP contribution in [0.15, 0.2) is 103 Å². The van der Waals surface area contributed by atoms with Gasteiger partial charge in [-0.15, -0.1) is 10.2 Å². The Kier molecular flexibility index (Phi) is 7.73. The van der Waals surface area contributed by atoms with Crippen molar-refractivity contribution in [3.8, 4) is 34.1 Å². The highest BCUT2D eigenvalue weighted by Crippen LogP contribution is 2.38. The lowest BCUT2D eigenvalue weighted by Gasteiger charge is -2.13. The lowest BCUT2D eigenvalue weighted by Crippen LogP contribution is -2.00. The van der Waals surface area contributed by atoms with Crippen LogP contribution in [0.4, 0.5) is 17.5 Å². The summed E-state index contributed by atoms with van der Waals surface area (Å²) in [6.45, 7) is -0.236. The van der Waals surface area contributed by atoms with Crippen molar-refractivity contribution in [3.63, 3.8) is 0 Å². The van der Waals surface area contributed by atoms with Crippen LogP contribution in [0.2, 0.25) is 0 Å². The monoisotopic (exact) mass is 593 g/mol. The second-order valence-electron chi connectivity index (χ2n) is 9.31. The maximum Gasteiger partial charge on any atom is 0.469 e. The minimum absolute atomic E-state index is 0.160. The predicted molar refractivity (Wildman–Crippen MR) is 161 cm³/mol. The second kappa shape index (κ2) is 11.9. The Bertz CT molecular complexity index is 1970. The number of phosphoric ester groups is 1. The van der Waals surface area contributed by atoms with Crippen molar-refractivity contribution >= 4 is 36.0 Å². The van der Waals surface area contributed by atoms with Gasteiger partial charge >= 0.3 is 7.82 Å². The van der Waals surface area contributed by atoms with Gasteiger partial charge in [0.05, 0.1) is 17.9 Å². The Morgan fingerprint density at radius 1 is 0.837 bits per heavy atom. The summed E-state index contributed by atoms with van der Waals surface area (Å²) < 4.78 is 21.8. The topological polar surface area (TPSA) is 178 Å². The van der Waals surface area contributed by atoms with Crippen LogP contribution in [0.3, 0.4) is 0 Å². The van der Waals surface area contributed by atoms with Gasteiger partial charge in [0, 0.05) is 34.4 Å². The van der Waals surface area contributed by atoms with E-state index in [9.17, 15) is 4.57 Å². The van der Waals surface area contributed by atoms with E-state index in [1.807, 2.05) is 60.7 Å². The molecule has 0 aliphatic heterocycles. The summed E-state index contributed by atoms with van der Waals surface area (Å²) >= 11 is 0. The zero-order chi connectivity index (χ0) is 29.8. The normalized spacial score (nSPS) is 11.4. The fourth-order valence-corrected chi connectivity index (χ4v) is 4.74. The first kappa shape index (κ1) is 27.9. The van der Waals surface area contributed by atoms with Crippen molar-refractivity contribution in [2.24, 2.45) is 0 Å². The number of hydrogen-bond acceptors (Lipinski definition) is 10. The van der Waals surface area contributed by atoms with Crippen LogP contribution in [0.25, 0.3) is 33.3 Å². The molecule has 0 radical (unpaired) electrons. The summed E-state index contributed by atoms with van der Waals surface area (Å²) in [6.07, 6.45) is 3.22. The number of aromatic nitrogens is 5. The number of benzene rings is 3. The first-order chi connectivity index (χ1) is 20.8. The maximum absolute atomic E-state index is 11.1. The fourth-order valence-electron chi connectivity index (χ4n) is 4.42. The van der Waals surface area contributed by atoms with Crippen LogP contribution in [0, 0.1) is 0 Å². The Balaban J connectivity index is 1.23. The quantitative estimate of drug-likeness (QED) is 0.147. The molecule has 43 heavy (non-hydrogen) atoms. The van der Waals surface area contributed by atoms with Gasteiger partial charge in [0.1, 0.15) is 11.4 Å². The highest BCUT2D eigenvalue weighted by Gasteiger charge is 2.16. The number of phosphoric acid groups is 1. The fraction of sp³-hybridized carbons (Fsp3) is 0.0333. The average Bonchev–Trinajstić information content (AvgIpc) is 3.01. The van der Waals surface area contributed by atoms with Crippen molar-refractivity contribution in [3.05, 3.63) is 109 Å². The molecular weight excluding hydrogens is 569 g/mol. The summed E-state index contributed by atoms with van der Waals surface area (Å²) in [4.78, 5) is 30.7. The van der Waals surface area contributed by atoms with Crippen LogP contribution in [-0.4, -0.2) is 34.9 Å². The number of fused-ring (bicyclic) bond motifs is 1. The van der Waals surface area contributed by atoms with E-state index in [1.54, 1.807) is 42.7 Å². The number of anilines is 3. The van der Waals surface area contributed by atoms with Crippen LogP contribution in [0.5, 0.6) is 11.6 Å². The van der Waals surface area contributed by atoms with E-state index < -0.39 is 7.82 Å². The molecule has 0 bridgehead atoms. The molecule has 0 spiro atoms. The Morgan fingerprint density at radius 2 is 1.65 bits per heavy atom. The van der Waals surface area contributed by atoms with E-state index in [0.717, 1.165) is 22.0 Å². The Hall–Kier alpha value is -5.26. The van der Waals surface area contributed by atoms with Crippen molar-refractivity contribution in [2.45, 2.75) is 6.61 Å². The molecule has 13 heteroatoms. The number of hydrogen-bond donors (Lipinski definition) is 4. The third kappa shape index (κ3) is 6.64. The molecule has 0 amide bonds. The summed E-state index contributed by atoms with van der Waals surface area (Å²) in [5.74, 6) is 1.67. The van der Waals surface area contributed by atoms with Crippen LogP contribution >= 0.6 is 7.82 Å². The molecule has 3 aromatic carbocycles. The van der Waals surface area contributed by atoms with E-state index in [1.165, 1.54) is 0 Å². The zero-order valence-electron chi connectivity index (χ0n) is 22.4. The minimum Gasteiger partial charge on any atom is -0.438 e. The SMILES string of the molecule is Nc1nccc(-c2cccnc2Oc2ccc(Nc3nnc(-c4cccc(COP(=O)(O)O)c4)c4ccccc34)cc2)n1. The summed E-state index contributed by atoms with van der Waals surface area (Å²) in [7, 11) is -4.59. The summed E-state index contributed by atoms with van der Waals surface area (Å²) in [5, 5.41) is 14.0. The number of nitrogens with zero attached hydrogens (tertiary/aromatic N) is 5. The summed E-state index contributed by atoms with van der Waals surface area (Å²) in [6, 6.07) is 27.5. The second-order valence-corrected chi connectivity index (χ2v) is 10.6. The average molecular weight is 594 g/mol. The molecule has 3 heterocycles. The molecule has 0 atom stereocenters. The van der Waals surface area contributed by atoms with Crippen molar-refractivity contribution in [2.75, 3.05) is 11.1 Å². The van der Waals surface area contributed by atoms with E-state index >= 15 is 0 Å². The molecular formula is C30H24N7O5P. The van der Waals surface area contributed by atoms with Gasteiger partial charge in [0.15, 0.2) is 5.82 Å². The first-order valence-corrected chi connectivity index (χ1v) is 14.5. The van der Waals surface area contributed by atoms with Gasteiger partial charge in [-0.1, -0.05) is 42.5 Å². The number of nitrogens with one attached hydrogen (secondary N) is 1. The Labute approximate surface area is 245 Å². The number of nitrogen functional groups attached to an aromatic ring is 1. The largest absolute Gasteiger partial charge is 0.469 e. The molecule has 214 valence electrons. The van der Waals surface area contributed by atoms with Gasteiger partial charge in [0.25, 0.3) is 0 Å². The molecule has 3 aromatic heterocycles. The van der Waals surface area contributed by atoms with E-state index in [0.29, 0.717) is 40.0 Å². The number of pyridine rings is 1. The van der Waals surface area contributed by atoms with Crippen LogP contribution < -0.4 is 15.8 Å². The van der Waals surface area contributed by atoms with Crippen LogP contribution in [-0.2, 0) is 15.7 Å². The number of ether oxygens (including phenoxy) is 1.